The molecule has 5 nitrogen and oxygen atoms in total. The van der Waals surface area contributed by atoms with Gasteiger partial charge < -0.3 is 5.32 Å². The number of rotatable bonds is 10. The first-order chi connectivity index (χ1) is 11.0. The highest BCUT2D eigenvalue weighted by Gasteiger charge is 2.16. The van der Waals surface area contributed by atoms with Crippen molar-refractivity contribution in [2.45, 2.75) is 59.9 Å². The lowest BCUT2D eigenvalue weighted by Gasteiger charge is -2.23. The highest BCUT2D eigenvalue weighted by atomic mass is 16.6. The molecule has 1 heterocycles. The lowest BCUT2D eigenvalue weighted by atomic mass is 9.95. The fourth-order valence-electron chi connectivity index (χ4n) is 2.41. The number of hydrogen-bond acceptors (Lipinski definition) is 5. The Hall–Kier alpha value is -1.75. The predicted molar refractivity (Wildman–Crippen MR) is 93.8 cm³/mol. The summed E-state index contributed by atoms with van der Waals surface area (Å²) in [7, 11) is 0. The van der Waals surface area contributed by atoms with Gasteiger partial charge in [-0.3, -0.25) is 4.79 Å². The average Bonchev–Trinajstić information content (AvgIpc) is 2.97. The molecule has 0 aliphatic heterocycles. The van der Waals surface area contributed by atoms with Gasteiger partial charge in [-0.1, -0.05) is 39.7 Å². The van der Waals surface area contributed by atoms with Gasteiger partial charge in [0, 0.05) is 6.04 Å². The summed E-state index contributed by atoms with van der Waals surface area (Å²) in [4.78, 5) is 12.3. The third-order valence-electron chi connectivity index (χ3n) is 4.11. The number of nitrogens with one attached hydrogen (secondary N) is 1. The van der Waals surface area contributed by atoms with Crippen molar-refractivity contribution in [1.29, 1.82) is 0 Å². The van der Waals surface area contributed by atoms with Gasteiger partial charge in [0.15, 0.2) is 5.78 Å². The lowest BCUT2D eigenvalue weighted by Crippen LogP contribution is -2.38. The Labute approximate surface area is 139 Å². The molecule has 1 aromatic heterocycles. The molecule has 0 fully saturated rings. The maximum Gasteiger partial charge on any atom is 0.172 e. The van der Waals surface area contributed by atoms with E-state index in [2.05, 4.69) is 36.4 Å². The van der Waals surface area contributed by atoms with Gasteiger partial charge in [0.2, 0.25) is 0 Å². The Bertz CT molecular complexity index is 546. The average molecular weight is 319 g/mol. The number of aromatic nitrogens is 2. The second-order valence-electron chi connectivity index (χ2n) is 5.95. The van der Waals surface area contributed by atoms with Crippen LogP contribution < -0.4 is 5.32 Å². The molecule has 0 bridgehead atoms. The number of allylic oxidation sites excluding steroid dienone is 1. The molecule has 1 rings (SSSR count). The minimum Gasteiger partial charge on any atom is -0.307 e. The smallest absolute Gasteiger partial charge is 0.172 e. The molecule has 0 aromatic carbocycles. The summed E-state index contributed by atoms with van der Waals surface area (Å²) in [6.45, 7) is 10.6. The summed E-state index contributed by atoms with van der Waals surface area (Å²) in [6.07, 6.45) is 8.70. The number of ketones is 1. The summed E-state index contributed by atoms with van der Waals surface area (Å²) in [5.74, 6) is 0.636. The molecule has 0 amide bonds. The third-order valence-corrected chi connectivity index (χ3v) is 4.11. The highest BCUT2D eigenvalue weighted by molar-refractivity contribution is 6.00. The summed E-state index contributed by atoms with van der Waals surface area (Å²) in [5.41, 5.74) is 1.87. The van der Waals surface area contributed by atoms with Crippen molar-refractivity contribution in [3.8, 4) is 0 Å². The summed E-state index contributed by atoms with van der Waals surface area (Å²) >= 11 is 0. The highest BCUT2D eigenvalue weighted by Crippen LogP contribution is 2.14. The number of carbonyl (C=O) groups is 1. The van der Waals surface area contributed by atoms with Gasteiger partial charge in [-0.05, 0) is 54.2 Å². The van der Waals surface area contributed by atoms with Crippen LogP contribution in [-0.2, 0) is 4.79 Å². The fourth-order valence-corrected chi connectivity index (χ4v) is 2.41. The fraction of sp³-hybridized carbons (Fsp3) is 0.611. The van der Waals surface area contributed by atoms with Gasteiger partial charge in [0.05, 0.1) is 6.54 Å². The number of carbonyl (C=O) groups excluding carboxylic acids is 1. The zero-order valence-corrected chi connectivity index (χ0v) is 14.9. The molecular weight excluding hydrogens is 290 g/mol. The minimum absolute atomic E-state index is 0.0730. The van der Waals surface area contributed by atoms with E-state index in [0.717, 1.165) is 19.3 Å². The number of Topliss-reactive ketones (excluding diaryl/α,β-unsaturated/α-hetero) is 1. The maximum absolute atomic E-state index is 12.3. The maximum atomic E-state index is 12.3. The molecule has 128 valence electrons. The molecule has 5 heteroatoms. The van der Waals surface area contributed by atoms with Crippen LogP contribution in [0, 0.1) is 5.92 Å². The van der Waals surface area contributed by atoms with Crippen molar-refractivity contribution in [1.82, 2.24) is 15.6 Å². The van der Waals surface area contributed by atoms with E-state index in [0.29, 0.717) is 35.5 Å². The van der Waals surface area contributed by atoms with E-state index in [9.17, 15) is 4.79 Å². The van der Waals surface area contributed by atoms with Gasteiger partial charge in [0.25, 0.3) is 0 Å². The van der Waals surface area contributed by atoms with Crippen LogP contribution in [0.2, 0.25) is 0 Å². The Morgan fingerprint density at radius 3 is 2.61 bits per heavy atom. The Morgan fingerprint density at radius 2 is 2.00 bits per heavy atom. The van der Waals surface area contributed by atoms with E-state index in [1.165, 1.54) is 0 Å². The quantitative estimate of drug-likeness (QED) is 0.663. The monoisotopic (exact) mass is 319 g/mol. The molecule has 2 atom stereocenters. The van der Waals surface area contributed by atoms with Gasteiger partial charge in [0.1, 0.15) is 11.4 Å². The van der Waals surface area contributed by atoms with Crippen molar-refractivity contribution in [2.24, 2.45) is 5.92 Å². The van der Waals surface area contributed by atoms with Gasteiger partial charge >= 0.3 is 0 Å². The van der Waals surface area contributed by atoms with E-state index in [4.69, 9.17) is 4.63 Å². The van der Waals surface area contributed by atoms with Crippen molar-refractivity contribution in [3.63, 3.8) is 0 Å². The van der Waals surface area contributed by atoms with Crippen LogP contribution in [0.1, 0.15) is 65.3 Å². The normalized spacial score (nSPS) is 15.1. The molecule has 2 unspecified atom stereocenters. The lowest BCUT2D eigenvalue weighted by molar-refractivity contribution is -0.114. The van der Waals surface area contributed by atoms with Crippen LogP contribution in [-0.4, -0.2) is 28.7 Å². The molecule has 0 saturated carbocycles. The second-order valence-corrected chi connectivity index (χ2v) is 5.95. The van der Waals surface area contributed by atoms with E-state index in [-0.39, 0.29) is 5.78 Å². The van der Waals surface area contributed by atoms with Gasteiger partial charge in [-0.25, -0.2) is 4.63 Å². The third kappa shape index (κ3) is 6.10. The van der Waals surface area contributed by atoms with Crippen LogP contribution in [0.3, 0.4) is 0 Å². The van der Waals surface area contributed by atoms with E-state index in [1.54, 1.807) is 19.1 Å². The molecule has 0 radical (unpaired) electrons. The molecular formula is C18H29N3O2. The second kappa shape index (κ2) is 10.1. The number of nitrogens with zero attached hydrogens (tertiary/aromatic N) is 2. The summed E-state index contributed by atoms with van der Waals surface area (Å²) < 4.78 is 4.73. The topological polar surface area (TPSA) is 68.0 Å². The Balaban J connectivity index is 2.69. The van der Waals surface area contributed by atoms with Crippen LogP contribution in [0.15, 0.2) is 16.3 Å². The minimum atomic E-state index is 0.0730. The van der Waals surface area contributed by atoms with Crippen molar-refractivity contribution in [2.75, 3.05) is 6.54 Å². The molecule has 1 aromatic rings. The molecule has 0 spiro atoms. The zero-order valence-electron chi connectivity index (χ0n) is 14.9. The molecule has 23 heavy (non-hydrogen) atoms. The SMILES string of the molecule is C/C=C\c1nonc1/C=C(\C)C(=O)CNC(CCC)C(C)CC. The van der Waals surface area contributed by atoms with Crippen LogP contribution in [0.25, 0.3) is 12.2 Å². The van der Waals surface area contributed by atoms with Crippen LogP contribution >= 0.6 is 0 Å². The van der Waals surface area contributed by atoms with E-state index >= 15 is 0 Å². The summed E-state index contributed by atoms with van der Waals surface area (Å²) in [6, 6.07) is 0.383. The standard InChI is InChI=1S/C18H29N3O2/c1-6-9-15(13(4)8-3)19-12-18(22)14(5)11-17-16(10-7-2)20-23-21-17/h7,10-11,13,15,19H,6,8-9,12H2,1-5H3/b10-7-,14-11+. The predicted octanol–water partition coefficient (Wildman–Crippen LogP) is 3.88. The number of hydrogen-bond donors (Lipinski definition) is 1. The van der Waals surface area contributed by atoms with E-state index < -0.39 is 0 Å². The molecule has 0 aliphatic carbocycles. The first-order valence-corrected chi connectivity index (χ1v) is 8.43. The summed E-state index contributed by atoms with van der Waals surface area (Å²) in [5, 5.41) is 11.1. The molecule has 0 saturated heterocycles. The van der Waals surface area contributed by atoms with Crippen molar-refractivity contribution in [3.05, 3.63) is 23.0 Å². The Kier molecular flexibility index (Phi) is 8.48. The first kappa shape index (κ1) is 19.3. The van der Waals surface area contributed by atoms with Gasteiger partial charge in [-0.15, -0.1) is 0 Å². The van der Waals surface area contributed by atoms with Crippen LogP contribution in [0.4, 0.5) is 0 Å². The largest absolute Gasteiger partial charge is 0.307 e. The molecule has 1 N–H and O–H groups in total. The molecule has 0 aliphatic rings. The van der Waals surface area contributed by atoms with Crippen molar-refractivity contribution >= 4 is 17.9 Å². The van der Waals surface area contributed by atoms with Crippen LogP contribution in [0.5, 0.6) is 0 Å². The first-order valence-electron chi connectivity index (χ1n) is 8.43. The zero-order chi connectivity index (χ0) is 17.2. The van der Waals surface area contributed by atoms with Crippen molar-refractivity contribution < 1.29 is 9.42 Å². The van der Waals surface area contributed by atoms with E-state index in [1.807, 2.05) is 13.0 Å². The Morgan fingerprint density at radius 1 is 1.30 bits per heavy atom. The van der Waals surface area contributed by atoms with Gasteiger partial charge in [-0.2, -0.15) is 0 Å².